The van der Waals surface area contributed by atoms with E-state index in [9.17, 15) is 4.79 Å². The molecule has 32 heavy (non-hydrogen) atoms. The minimum Gasteiger partial charge on any atom is -0.492 e. The summed E-state index contributed by atoms with van der Waals surface area (Å²) in [6, 6.07) is 19.6. The number of ether oxygens (including phenoxy) is 1. The molecular formula is C26H24Br2N2O2. The number of rotatable bonds is 7. The van der Waals surface area contributed by atoms with Gasteiger partial charge in [-0.05, 0) is 84.1 Å². The number of aromatic nitrogens is 2. The Kier molecular flexibility index (Phi) is 7.11. The van der Waals surface area contributed by atoms with E-state index in [0.29, 0.717) is 24.4 Å². The van der Waals surface area contributed by atoms with E-state index >= 15 is 0 Å². The quantitative estimate of drug-likeness (QED) is 0.229. The maximum atomic E-state index is 13.3. The van der Waals surface area contributed by atoms with Crippen LogP contribution in [0.3, 0.4) is 0 Å². The minimum absolute atomic E-state index is 0.00781. The van der Waals surface area contributed by atoms with Crippen molar-refractivity contribution in [2.75, 3.05) is 6.61 Å². The average molecular weight is 556 g/mol. The molecule has 0 spiro atoms. The van der Waals surface area contributed by atoms with Crippen molar-refractivity contribution >= 4 is 42.8 Å². The molecule has 4 aromatic rings. The predicted octanol–water partition coefficient (Wildman–Crippen LogP) is 7.06. The van der Waals surface area contributed by atoms with Crippen LogP contribution in [0.25, 0.3) is 22.3 Å². The number of nitrogens with zero attached hydrogens (tertiary/aromatic N) is 2. The van der Waals surface area contributed by atoms with Crippen LogP contribution in [0.15, 0.2) is 74.4 Å². The van der Waals surface area contributed by atoms with Crippen molar-refractivity contribution in [1.82, 2.24) is 9.55 Å². The van der Waals surface area contributed by atoms with Crippen molar-refractivity contribution in [1.29, 1.82) is 0 Å². The number of para-hydroxylation sites is 1. The first kappa shape index (κ1) is 22.7. The van der Waals surface area contributed by atoms with E-state index in [-0.39, 0.29) is 5.56 Å². The first-order valence-corrected chi connectivity index (χ1v) is 12.2. The number of aryl methyl sites for hydroxylation is 2. The molecule has 3 aromatic carbocycles. The Morgan fingerprint density at radius 3 is 2.47 bits per heavy atom. The summed E-state index contributed by atoms with van der Waals surface area (Å²) in [4.78, 5) is 18.1. The molecule has 0 aliphatic carbocycles. The van der Waals surface area contributed by atoms with Gasteiger partial charge in [0.2, 0.25) is 0 Å². The summed E-state index contributed by atoms with van der Waals surface area (Å²) < 4.78 is 9.79. The maximum absolute atomic E-state index is 13.3. The van der Waals surface area contributed by atoms with Crippen molar-refractivity contribution in [2.45, 2.75) is 33.2 Å². The van der Waals surface area contributed by atoms with Gasteiger partial charge in [-0.2, -0.15) is 0 Å². The molecule has 0 aliphatic rings. The van der Waals surface area contributed by atoms with Gasteiger partial charge >= 0.3 is 0 Å². The lowest BCUT2D eigenvalue weighted by molar-refractivity contribution is 0.299. The van der Waals surface area contributed by atoms with E-state index in [1.54, 1.807) is 4.57 Å². The van der Waals surface area contributed by atoms with Crippen LogP contribution in [-0.4, -0.2) is 16.2 Å². The molecule has 4 nitrogen and oxygen atoms in total. The van der Waals surface area contributed by atoms with Gasteiger partial charge in [-0.3, -0.25) is 9.36 Å². The second-order valence-corrected chi connectivity index (χ2v) is 9.63. The summed E-state index contributed by atoms with van der Waals surface area (Å²) in [5.41, 5.74) is 3.95. The summed E-state index contributed by atoms with van der Waals surface area (Å²) in [6.45, 7) is 5.29. The Morgan fingerprint density at radius 1 is 0.969 bits per heavy atom. The summed E-state index contributed by atoms with van der Waals surface area (Å²) in [7, 11) is 0. The summed E-state index contributed by atoms with van der Waals surface area (Å²) >= 11 is 7.07. The van der Waals surface area contributed by atoms with Crippen molar-refractivity contribution in [3.05, 3.63) is 91.1 Å². The smallest absolute Gasteiger partial charge is 0.261 e. The van der Waals surface area contributed by atoms with Crippen LogP contribution in [0.5, 0.6) is 5.75 Å². The zero-order valence-electron chi connectivity index (χ0n) is 18.1. The van der Waals surface area contributed by atoms with Crippen molar-refractivity contribution in [3.63, 3.8) is 0 Å². The molecule has 0 bridgehead atoms. The molecule has 4 rings (SSSR count). The highest BCUT2D eigenvalue weighted by molar-refractivity contribution is 9.10. The van der Waals surface area contributed by atoms with Gasteiger partial charge in [0.05, 0.1) is 22.0 Å². The predicted molar refractivity (Wildman–Crippen MR) is 137 cm³/mol. The molecule has 0 amide bonds. The maximum Gasteiger partial charge on any atom is 0.261 e. The summed E-state index contributed by atoms with van der Waals surface area (Å²) in [6.07, 6.45) is 1.64. The van der Waals surface area contributed by atoms with Crippen LogP contribution >= 0.6 is 31.9 Å². The fourth-order valence-corrected chi connectivity index (χ4v) is 4.88. The molecule has 0 N–H and O–H groups in total. The molecule has 0 aliphatic heterocycles. The van der Waals surface area contributed by atoms with Crippen molar-refractivity contribution in [2.24, 2.45) is 0 Å². The Balaban J connectivity index is 1.53. The molecule has 0 saturated heterocycles. The molecule has 1 aromatic heterocycles. The molecule has 0 fully saturated rings. The molecule has 164 valence electrons. The van der Waals surface area contributed by atoms with Gasteiger partial charge < -0.3 is 4.74 Å². The highest BCUT2D eigenvalue weighted by Gasteiger charge is 2.13. The number of hydrogen-bond donors (Lipinski definition) is 0. The Hall–Kier alpha value is -2.44. The number of halogens is 2. The highest BCUT2D eigenvalue weighted by Crippen LogP contribution is 2.30. The van der Waals surface area contributed by atoms with Crippen molar-refractivity contribution in [3.8, 4) is 17.1 Å². The van der Waals surface area contributed by atoms with Crippen LogP contribution in [0.2, 0.25) is 0 Å². The van der Waals surface area contributed by atoms with Crippen LogP contribution in [-0.2, 0) is 6.54 Å². The first-order valence-electron chi connectivity index (χ1n) is 10.6. The zero-order valence-corrected chi connectivity index (χ0v) is 21.2. The van der Waals surface area contributed by atoms with E-state index in [2.05, 4.69) is 57.8 Å². The first-order chi connectivity index (χ1) is 15.4. The average Bonchev–Trinajstić information content (AvgIpc) is 2.77. The van der Waals surface area contributed by atoms with E-state index in [1.165, 1.54) is 5.56 Å². The lowest BCUT2D eigenvalue weighted by atomic mass is 10.1. The zero-order chi connectivity index (χ0) is 22.7. The number of benzene rings is 3. The molecule has 0 saturated carbocycles. The molecule has 0 atom stereocenters. The molecule has 1 heterocycles. The monoisotopic (exact) mass is 554 g/mol. The topological polar surface area (TPSA) is 44.1 Å². The van der Waals surface area contributed by atoms with Gasteiger partial charge in [0.15, 0.2) is 0 Å². The Bertz CT molecular complexity index is 1290. The van der Waals surface area contributed by atoms with Crippen LogP contribution < -0.4 is 10.3 Å². The summed E-state index contributed by atoms with van der Waals surface area (Å²) in [5.74, 6) is 1.58. The third kappa shape index (κ3) is 4.97. The second-order valence-electron chi connectivity index (χ2n) is 7.86. The fraction of sp³-hybridized carbons (Fsp3) is 0.231. The van der Waals surface area contributed by atoms with E-state index < -0.39 is 0 Å². The second kappa shape index (κ2) is 10.0. The lowest BCUT2D eigenvalue weighted by Crippen LogP contribution is -2.24. The van der Waals surface area contributed by atoms with Gasteiger partial charge in [0.25, 0.3) is 5.56 Å². The number of fused-ring (bicyclic) bond motifs is 1. The number of hydrogen-bond acceptors (Lipinski definition) is 3. The SMILES string of the molecule is Cc1cc(C)c(OCCCCn2c(-c3ccc(Br)cc3)nc3ccccc3c2=O)c(Br)c1. The van der Waals surface area contributed by atoms with E-state index in [4.69, 9.17) is 9.72 Å². The van der Waals surface area contributed by atoms with Gasteiger partial charge in [-0.1, -0.05) is 46.3 Å². The number of unbranched alkanes of at least 4 members (excludes halogenated alkanes) is 1. The van der Waals surface area contributed by atoms with Gasteiger partial charge in [0, 0.05) is 16.6 Å². The highest BCUT2D eigenvalue weighted by atomic mass is 79.9. The van der Waals surface area contributed by atoms with Gasteiger partial charge in [0.1, 0.15) is 11.6 Å². The van der Waals surface area contributed by atoms with Gasteiger partial charge in [-0.15, -0.1) is 0 Å². The minimum atomic E-state index is -0.00781. The third-order valence-electron chi connectivity index (χ3n) is 5.36. The van der Waals surface area contributed by atoms with Crippen molar-refractivity contribution < 1.29 is 4.74 Å². The third-order valence-corrected chi connectivity index (χ3v) is 6.48. The van der Waals surface area contributed by atoms with Crippen LogP contribution in [0, 0.1) is 13.8 Å². The summed E-state index contributed by atoms with van der Waals surface area (Å²) in [5, 5.41) is 0.642. The van der Waals surface area contributed by atoms with E-state index in [1.807, 2.05) is 48.5 Å². The normalized spacial score (nSPS) is 11.1. The lowest BCUT2D eigenvalue weighted by Gasteiger charge is -2.15. The van der Waals surface area contributed by atoms with E-state index in [0.717, 1.165) is 44.2 Å². The van der Waals surface area contributed by atoms with Crippen LogP contribution in [0.1, 0.15) is 24.0 Å². The Labute approximate surface area is 204 Å². The molecule has 6 heteroatoms. The molecule has 0 unspecified atom stereocenters. The largest absolute Gasteiger partial charge is 0.492 e. The Morgan fingerprint density at radius 2 is 1.72 bits per heavy atom. The van der Waals surface area contributed by atoms with Gasteiger partial charge in [-0.25, -0.2) is 4.98 Å². The molecule has 0 radical (unpaired) electrons. The standard InChI is InChI=1S/C26H24Br2N2O2/c1-17-15-18(2)24(22(28)16-17)32-14-6-5-13-30-25(19-9-11-20(27)12-10-19)29-23-8-4-3-7-21(23)26(30)31/h3-4,7-12,15-16H,5-6,13-14H2,1-2H3. The van der Waals surface area contributed by atoms with Crippen LogP contribution in [0.4, 0.5) is 0 Å². The molecular weight excluding hydrogens is 532 g/mol. The fourth-order valence-electron chi connectivity index (χ4n) is 3.83.